The molecule has 0 radical (unpaired) electrons. The highest BCUT2D eigenvalue weighted by Crippen LogP contribution is 2.39. The van der Waals surface area contributed by atoms with E-state index in [4.69, 9.17) is 27.9 Å². The number of benzene rings is 3. The van der Waals surface area contributed by atoms with Crippen LogP contribution in [-0.2, 0) is 16.2 Å². The second kappa shape index (κ2) is 11.4. The Kier molecular flexibility index (Phi) is 7.77. The Hall–Kier alpha value is -4.01. The number of hydrogen-bond donors (Lipinski definition) is 2. The van der Waals surface area contributed by atoms with Gasteiger partial charge in [0.2, 0.25) is 5.91 Å². The largest absolute Gasteiger partial charge is 0.489 e. The lowest BCUT2D eigenvalue weighted by atomic mass is 9.95. The zero-order chi connectivity index (χ0) is 27.5. The molecule has 0 aromatic heterocycles. The second-order valence-electron chi connectivity index (χ2n) is 9.16. The van der Waals surface area contributed by atoms with Crippen LogP contribution in [0.5, 0.6) is 5.75 Å². The number of carbonyl (C=O) groups is 3. The molecule has 2 heterocycles. The Morgan fingerprint density at radius 2 is 1.85 bits per heavy atom. The van der Waals surface area contributed by atoms with Crippen molar-refractivity contribution in [3.05, 3.63) is 105 Å². The maximum absolute atomic E-state index is 13.6. The summed E-state index contributed by atoms with van der Waals surface area (Å²) < 4.78 is 5.85. The van der Waals surface area contributed by atoms with E-state index in [2.05, 4.69) is 10.6 Å². The summed E-state index contributed by atoms with van der Waals surface area (Å²) in [6.07, 6.45) is 0. The normalized spacial score (nSPS) is 16.7. The topological polar surface area (TPSA) is 91.0 Å². The smallest absolute Gasteiger partial charge is 0.322 e. The lowest BCUT2D eigenvalue weighted by Gasteiger charge is -2.33. The number of nitrogens with zero attached hydrogens (tertiary/aromatic N) is 2. The van der Waals surface area contributed by atoms with E-state index < -0.39 is 6.04 Å². The van der Waals surface area contributed by atoms with Crippen LogP contribution < -0.4 is 15.4 Å². The fourth-order valence-electron chi connectivity index (χ4n) is 4.76. The number of carbonyl (C=O) groups excluding carboxylic acids is 3. The van der Waals surface area contributed by atoms with Crippen LogP contribution in [0.2, 0.25) is 10.0 Å². The maximum Gasteiger partial charge on any atom is 0.322 e. The highest BCUT2D eigenvalue weighted by molar-refractivity contribution is 6.35. The first kappa shape index (κ1) is 26.6. The third kappa shape index (κ3) is 5.72. The number of urea groups is 1. The predicted octanol–water partition coefficient (Wildman–Crippen LogP) is 5.39. The molecule has 0 saturated carbocycles. The first-order chi connectivity index (χ1) is 18.8. The molecule has 2 N–H and O–H groups in total. The lowest BCUT2D eigenvalue weighted by Crippen LogP contribution is -2.47. The van der Waals surface area contributed by atoms with Gasteiger partial charge in [0.15, 0.2) is 0 Å². The Morgan fingerprint density at radius 3 is 2.59 bits per heavy atom. The van der Waals surface area contributed by atoms with Gasteiger partial charge in [-0.3, -0.25) is 14.5 Å². The van der Waals surface area contributed by atoms with Crippen molar-refractivity contribution in [2.24, 2.45) is 0 Å². The van der Waals surface area contributed by atoms with Gasteiger partial charge in [0.25, 0.3) is 5.91 Å². The van der Waals surface area contributed by atoms with E-state index in [1.807, 2.05) is 43.3 Å². The average molecular weight is 565 g/mol. The van der Waals surface area contributed by atoms with Crippen LogP contribution in [0.15, 0.2) is 84.1 Å². The van der Waals surface area contributed by atoms with Crippen molar-refractivity contribution in [3.8, 4) is 5.75 Å². The van der Waals surface area contributed by atoms with Crippen LogP contribution >= 0.6 is 23.2 Å². The van der Waals surface area contributed by atoms with Crippen molar-refractivity contribution in [1.29, 1.82) is 0 Å². The summed E-state index contributed by atoms with van der Waals surface area (Å²) in [6.45, 7) is 2.54. The van der Waals surface area contributed by atoms with E-state index in [9.17, 15) is 14.4 Å². The quantitative estimate of drug-likeness (QED) is 0.383. The number of nitrogens with one attached hydrogen (secondary N) is 2. The molecule has 39 heavy (non-hydrogen) atoms. The first-order valence-corrected chi connectivity index (χ1v) is 13.2. The van der Waals surface area contributed by atoms with E-state index in [0.29, 0.717) is 51.5 Å². The highest BCUT2D eigenvalue weighted by atomic mass is 35.5. The molecular formula is C29H26Cl2N4O4. The number of hydrogen-bond acceptors (Lipinski definition) is 4. The van der Waals surface area contributed by atoms with Crippen molar-refractivity contribution in [3.63, 3.8) is 0 Å². The maximum atomic E-state index is 13.6. The molecule has 200 valence electrons. The number of anilines is 1. The van der Waals surface area contributed by atoms with Crippen molar-refractivity contribution in [1.82, 2.24) is 15.1 Å². The van der Waals surface area contributed by atoms with E-state index in [0.717, 1.165) is 5.56 Å². The molecular weight excluding hydrogens is 539 g/mol. The summed E-state index contributed by atoms with van der Waals surface area (Å²) in [6, 6.07) is 20.7. The third-order valence-electron chi connectivity index (χ3n) is 6.59. The van der Waals surface area contributed by atoms with Crippen molar-refractivity contribution < 1.29 is 19.1 Å². The molecule has 2 aliphatic heterocycles. The highest BCUT2D eigenvalue weighted by Gasteiger charge is 2.44. The molecule has 1 unspecified atom stereocenters. The fourth-order valence-corrected chi connectivity index (χ4v) is 5.28. The lowest BCUT2D eigenvalue weighted by molar-refractivity contribution is -0.130. The zero-order valence-corrected chi connectivity index (χ0v) is 22.6. The van der Waals surface area contributed by atoms with Gasteiger partial charge in [0.1, 0.15) is 18.9 Å². The van der Waals surface area contributed by atoms with Crippen LogP contribution in [0.3, 0.4) is 0 Å². The molecule has 0 fully saturated rings. The summed E-state index contributed by atoms with van der Waals surface area (Å²) >= 11 is 12.5. The predicted molar refractivity (Wildman–Crippen MR) is 150 cm³/mol. The molecule has 0 spiro atoms. The summed E-state index contributed by atoms with van der Waals surface area (Å²) in [5, 5.41) is 6.50. The molecule has 0 bridgehead atoms. The van der Waals surface area contributed by atoms with Crippen molar-refractivity contribution in [2.45, 2.75) is 19.6 Å². The van der Waals surface area contributed by atoms with Crippen LogP contribution in [-0.4, -0.2) is 47.3 Å². The molecule has 3 aromatic rings. The number of halogens is 2. The Balaban J connectivity index is 1.28. The first-order valence-electron chi connectivity index (χ1n) is 12.5. The van der Waals surface area contributed by atoms with Crippen LogP contribution in [0, 0.1) is 0 Å². The molecule has 10 heteroatoms. The minimum absolute atomic E-state index is 0.130. The monoisotopic (exact) mass is 564 g/mol. The fraction of sp³-hybridized carbons (Fsp3) is 0.207. The number of likely N-dealkylation sites (N-methyl/N-ethyl adjacent to an activating group) is 1. The molecule has 2 aliphatic rings. The Morgan fingerprint density at radius 1 is 1.05 bits per heavy atom. The minimum Gasteiger partial charge on any atom is -0.489 e. The summed E-state index contributed by atoms with van der Waals surface area (Å²) in [4.78, 5) is 42.3. The van der Waals surface area contributed by atoms with E-state index in [-0.39, 0.29) is 30.9 Å². The van der Waals surface area contributed by atoms with Gasteiger partial charge in [0.05, 0.1) is 23.9 Å². The van der Waals surface area contributed by atoms with Gasteiger partial charge in [-0.25, -0.2) is 4.79 Å². The SMILES string of the molecule is CCN1C(=O)NC(c2ccc(Cl)cc2Cl)C2=C1CN(CC(=O)Nc1cccc(OCc3ccccc3)c1)C2=O. The van der Waals surface area contributed by atoms with Gasteiger partial charge in [-0.05, 0) is 42.3 Å². The summed E-state index contributed by atoms with van der Waals surface area (Å²) in [7, 11) is 0. The van der Waals surface area contributed by atoms with Gasteiger partial charge in [-0.1, -0.05) is 65.7 Å². The molecule has 4 amide bonds. The molecule has 1 atom stereocenters. The van der Waals surface area contributed by atoms with Gasteiger partial charge in [-0.15, -0.1) is 0 Å². The molecule has 8 nitrogen and oxygen atoms in total. The van der Waals surface area contributed by atoms with Gasteiger partial charge in [0, 0.05) is 28.3 Å². The molecule has 5 rings (SSSR count). The molecule has 0 aliphatic carbocycles. The summed E-state index contributed by atoms with van der Waals surface area (Å²) in [5.74, 6) is -0.0988. The Labute approximate surface area is 236 Å². The second-order valence-corrected chi connectivity index (χ2v) is 10.0. The van der Waals surface area contributed by atoms with Crippen LogP contribution in [0.4, 0.5) is 10.5 Å². The standard InChI is InChI=1S/C29H26Cl2N4O4/c1-2-35-24-15-34(28(37)26(24)27(33-29(35)38)22-12-11-19(30)13-23(22)31)16-25(36)32-20-9-6-10-21(14-20)39-17-18-7-4-3-5-8-18/h3-14,27H,2,15-17H2,1H3,(H,32,36)(H,33,38). The zero-order valence-electron chi connectivity index (χ0n) is 21.1. The summed E-state index contributed by atoms with van der Waals surface area (Å²) in [5.41, 5.74) is 3.09. The van der Waals surface area contributed by atoms with Gasteiger partial charge < -0.3 is 20.3 Å². The molecule has 0 saturated heterocycles. The number of amides is 4. The van der Waals surface area contributed by atoms with E-state index in [1.54, 1.807) is 36.4 Å². The van der Waals surface area contributed by atoms with E-state index >= 15 is 0 Å². The third-order valence-corrected chi connectivity index (χ3v) is 7.15. The number of ether oxygens (including phenoxy) is 1. The van der Waals surface area contributed by atoms with E-state index in [1.165, 1.54) is 9.80 Å². The van der Waals surface area contributed by atoms with Gasteiger partial charge in [-0.2, -0.15) is 0 Å². The van der Waals surface area contributed by atoms with Crippen LogP contribution in [0.25, 0.3) is 0 Å². The number of rotatable bonds is 8. The van der Waals surface area contributed by atoms with Crippen molar-refractivity contribution in [2.75, 3.05) is 25.0 Å². The van der Waals surface area contributed by atoms with Crippen molar-refractivity contribution >= 4 is 46.7 Å². The average Bonchev–Trinajstić information content (AvgIpc) is 3.23. The van der Waals surface area contributed by atoms with Crippen LogP contribution in [0.1, 0.15) is 24.1 Å². The van der Waals surface area contributed by atoms with Gasteiger partial charge >= 0.3 is 6.03 Å². The minimum atomic E-state index is -0.751. The molecule has 3 aromatic carbocycles. The Bertz CT molecular complexity index is 1460.